The third-order valence-corrected chi connectivity index (χ3v) is 5.58. The monoisotopic (exact) mass is 530 g/mol. The summed E-state index contributed by atoms with van der Waals surface area (Å²) in [7, 11) is 0. The lowest BCUT2D eigenvalue weighted by Gasteiger charge is -2.15. The Morgan fingerprint density at radius 1 is 0.861 bits per heavy atom. The predicted octanol–water partition coefficient (Wildman–Crippen LogP) is 4.13. The number of carboxylic acids is 2. The van der Waals surface area contributed by atoms with Crippen molar-refractivity contribution in [1.29, 1.82) is 0 Å². The van der Waals surface area contributed by atoms with E-state index in [2.05, 4.69) is 10.6 Å². The summed E-state index contributed by atoms with van der Waals surface area (Å²) in [6, 6.07) is 15.3. The van der Waals surface area contributed by atoms with Crippen LogP contribution in [0.5, 0.6) is 5.75 Å². The van der Waals surface area contributed by atoms with E-state index in [1.807, 2.05) is 0 Å². The molecule has 4 N–H and O–H groups in total. The number of carboxylic acid groups (broad SMARTS) is 2. The molecule has 0 saturated carbocycles. The van der Waals surface area contributed by atoms with Crippen LogP contribution in [0.4, 0.5) is 5.69 Å². The van der Waals surface area contributed by atoms with E-state index >= 15 is 0 Å². The van der Waals surface area contributed by atoms with Crippen LogP contribution >= 0.6 is 23.2 Å². The van der Waals surface area contributed by atoms with Crippen LogP contribution in [0.25, 0.3) is 0 Å². The molecule has 0 radical (unpaired) electrons. The second-order valence-electron chi connectivity index (χ2n) is 7.53. The Labute approximate surface area is 215 Å². The van der Waals surface area contributed by atoms with Crippen molar-refractivity contribution in [3.05, 3.63) is 93.5 Å². The molecule has 0 aliphatic heterocycles. The van der Waals surface area contributed by atoms with Gasteiger partial charge in [-0.25, -0.2) is 9.59 Å². The van der Waals surface area contributed by atoms with Crippen molar-refractivity contribution in [2.75, 3.05) is 11.9 Å². The Bertz CT molecular complexity index is 1260. The lowest BCUT2D eigenvalue weighted by molar-refractivity contribution is -0.142. The number of carbonyl (C=O) groups is 4. The molecule has 0 aliphatic rings. The first-order chi connectivity index (χ1) is 17.1. The zero-order valence-corrected chi connectivity index (χ0v) is 20.0. The summed E-state index contributed by atoms with van der Waals surface area (Å²) < 4.78 is 5.28. The highest BCUT2D eigenvalue weighted by atomic mass is 35.5. The second-order valence-corrected chi connectivity index (χ2v) is 8.34. The highest BCUT2D eigenvalue weighted by Crippen LogP contribution is 2.25. The Morgan fingerprint density at radius 2 is 1.47 bits per heavy atom. The maximum atomic E-state index is 12.5. The summed E-state index contributed by atoms with van der Waals surface area (Å²) in [6.45, 7) is -0.453. The van der Waals surface area contributed by atoms with Crippen molar-refractivity contribution in [3.63, 3.8) is 0 Å². The van der Waals surface area contributed by atoms with E-state index in [9.17, 15) is 24.3 Å². The third kappa shape index (κ3) is 7.21. The first kappa shape index (κ1) is 26.5. The van der Waals surface area contributed by atoms with Crippen LogP contribution in [-0.2, 0) is 16.0 Å². The number of ether oxygens (including phenoxy) is 1. The van der Waals surface area contributed by atoms with Crippen molar-refractivity contribution >= 4 is 52.6 Å². The fourth-order valence-electron chi connectivity index (χ4n) is 3.15. The highest BCUT2D eigenvalue weighted by molar-refractivity contribution is 6.40. The van der Waals surface area contributed by atoms with E-state index in [0.29, 0.717) is 11.3 Å². The van der Waals surface area contributed by atoms with Gasteiger partial charge in [0.25, 0.3) is 11.8 Å². The molecule has 0 aromatic heterocycles. The number of benzene rings is 3. The van der Waals surface area contributed by atoms with E-state index in [1.54, 1.807) is 42.5 Å². The molecule has 0 spiro atoms. The third-order valence-electron chi connectivity index (χ3n) is 4.95. The van der Waals surface area contributed by atoms with Crippen molar-refractivity contribution in [1.82, 2.24) is 5.32 Å². The quantitative estimate of drug-likeness (QED) is 0.308. The van der Waals surface area contributed by atoms with Crippen molar-refractivity contribution < 1.29 is 34.1 Å². The minimum atomic E-state index is -1.24. The zero-order chi connectivity index (χ0) is 26.2. The van der Waals surface area contributed by atoms with E-state index in [0.717, 1.165) is 0 Å². The Hall–Kier alpha value is -4.08. The Kier molecular flexibility index (Phi) is 8.88. The summed E-state index contributed by atoms with van der Waals surface area (Å²) in [5.41, 5.74) is 1.24. The molecule has 0 heterocycles. The van der Waals surface area contributed by atoms with Crippen LogP contribution in [0.1, 0.15) is 26.3 Å². The first-order valence-electron chi connectivity index (χ1n) is 10.5. The van der Waals surface area contributed by atoms with Gasteiger partial charge in [-0.05, 0) is 54.1 Å². The molecule has 11 heteroatoms. The minimum absolute atomic E-state index is 0.0149. The molecule has 0 saturated heterocycles. The number of anilines is 1. The predicted molar refractivity (Wildman–Crippen MR) is 133 cm³/mol. The van der Waals surface area contributed by atoms with Gasteiger partial charge in [0.1, 0.15) is 11.8 Å². The SMILES string of the molecule is O=C(COc1ccc(C(=O)O)cc1)N[C@@H](Cc1ccc(NC(=O)c2c(Cl)cccc2Cl)cc1)C(=O)O. The molecule has 36 heavy (non-hydrogen) atoms. The summed E-state index contributed by atoms with van der Waals surface area (Å²) in [4.78, 5) is 47.2. The van der Waals surface area contributed by atoms with Gasteiger partial charge >= 0.3 is 11.9 Å². The minimum Gasteiger partial charge on any atom is -0.484 e. The molecule has 186 valence electrons. The van der Waals surface area contributed by atoms with Crippen LogP contribution in [0.3, 0.4) is 0 Å². The number of rotatable bonds is 10. The number of nitrogens with one attached hydrogen (secondary N) is 2. The van der Waals surface area contributed by atoms with Crippen LogP contribution in [0.2, 0.25) is 10.0 Å². The van der Waals surface area contributed by atoms with Crippen molar-refractivity contribution in [3.8, 4) is 5.75 Å². The summed E-state index contributed by atoms with van der Waals surface area (Å²) in [6.07, 6.45) is -0.0149. The molecule has 1 atom stereocenters. The maximum Gasteiger partial charge on any atom is 0.335 e. The van der Waals surface area contributed by atoms with E-state index in [-0.39, 0.29) is 33.3 Å². The molecular weight excluding hydrogens is 511 g/mol. The maximum absolute atomic E-state index is 12.5. The van der Waals surface area contributed by atoms with E-state index < -0.39 is 36.4 Å². The van der Waals surface area contributed by atoms with Gasteiger partial charge in [0.05, 0.1) is 21.2 Å². The molecule has 9 nitrogen and oxygen atoms in total. The van der Waals surface area contributed by atoms with Gasteiger partial charge in [0, 0.05) is 12.1 Å². The second kappa shape index (κ2) is 12.1. The molecule has 0 unspecified atom stereocenters. The number of carbonyl (C=O) groups excluding carboxylic acids is 2. The van der Waals surface area contributed by atoms with Crippen LogP contribution < -0.4 is 15.4 Å². The van der Waals surface area contributed by atoms with Gasteiger partial charge in [-0.15, -0.1) is 0 Å². The van der Waals surface area contributed by atoms with Crippen LogP contribution in [0.15, 0.2) is 66.7 Å². The largest absolute Gasteiger partial charge is 0.484 e. The number of hydrogen-bond acceptors (Lipinski definition) is 5. The molecule has 3 aromatic carbocycles. The first-order valence-corrected chi connectivity index (χ1v) is 11.2. The van der Waals surface area contributed by atoms with Gasteiger partial charge in [-0.3, -0.25) is 9.59 Å². The number of halogens is 2. The van der Waals surface area contributed by atoms with Gasteiger partial charge in [0.2, 0.25) is 0 Å². The lowest BCUT2D eigenvalue weighted by Crippen LogP contribution is -2.44. The van der Waals surface area contributed by atoms with E-state index in [4.69, 9.17) is 33.0 Å². The van der Waals surface area contributed by atoms with Gasteiger partial charge in [-0.1, -0.05) is 41.4 Å². The number of hydrogen-bond donors (Lipinski definition) is 4. The van der Waals surface area contributed by atoms with Crippen LogP contribution in [0, 0.1) is 0 Å². The normalized spacial score (nSPS) is 11.3. The molecule has 0 aliphatic carbocycles. The molecular formula is C25H20Cl2N2O7. The van der Waals surface area contributed by atoms with E-state index in [1.165, 1.54) is 24.3 Å². The van der Waals surface area contributed by atoms with Crippen molar-refractivity contribution in [2.45, 2.75) is 12.5 Å². The average Bonchev–Trinajstić information content (AvgIpc) is 2.83. The van der Waals surface area contributed by atoms with Crippen molar-refractivity contribution in [2.24, 2.45) is 0 Å². The number of aromatic carboxylic acids is 1. The fraction of sp³-hybridized carbons (Fsp3) is 0.120. The number of aliphatic carboxylic acids is 1. The zero-order valence-electron chi connectivity index (χ0n) is 18.5. The van der Waals surface area contributed by atoms with Gasteiger partial charge in [-0.2, -0.15) is 0 Å². The van der Waals surface area contributed by atoms with Gasteiger partial charge < -0.3 is 25.6 Å². The standard InChI is InChI=1S/C25H20Cl2N2O7/c26-18-2-1-3-19(27)22(18)23(31)28-16-8-4-14(5-9-16)12-20(25(34)35)29-21(30)13-36-17-10-6-15(7-11-17)24(32)33/h1-11,20H,12-13H2,(H,28,31)(H,29,30)(H,32,33)(H,34,35)/t20-/m0/s1. The lowest BCUT2D eigenvalue weighted by atomic mass is 10.1. The fourth-order valence-corrected chi connectivity index (χ4v) is 3.72. The summed E-state index contributed by atoms with van der Waals surface area (Å²) >= 11 is 12.1. The molecule has 3 aromatic rings. The molecule has 0 fully saturated rings. The number of amides is 2. The molecule has 0 bridgehead atoms. The Morgan fingerprint density at radius 3 is 2.03 bits per heavy atom. The topological polar surface area (TPSA) is 142 Å². The highest BCUT2D eigenvalue weighted by Gasteiger charge is 2.21. The van der Waals surface area contributed by atoms with Gasteiger partial charge in [0.15, 0.2) is 6.61 Å². The summed E-state index contributed by atoms with van der Waals surface area (Å²) in [5.74, 6) is -3.22. The molecule has 3 rings (SSSR count). The molecule has 2 amide bonds. The summed E-state index contributed by atoms with van der Waals surface area (Å²) in [5, 5.41) is 23.9. The smallest absolute Gasteiger partial charge is 0.335 e. The average molecular weight is 531 g/mol. The Balaban J connectivity index is 1.56. The van der Waals surface area contributed by atoms with Crippen LogP contribution in [-0.4, -0.2) is 46.6 Å².